The Labute approximate surface area is 485 Å². The van der Waals surface area contributed by atoms with Gasteiger partial charge in [-0.3, -0.25) is 4.79 Å². The number of halogens is 10. The van der Waals surface area contributed by atoms with E-state index in [1.165, 1.54) is 28.9 Å². The number of nitrogens with one attached hydrogen (secondary N) is 2. The molecule has 0 aliphatic carbocycles. The van der Waals surface area contributed by atoms with Crippen molar-refractivity contribution in [1.82, 2.24) is 59.9 Å². The summed E-state index contributed by atoms with van der Waals surface area (Å²) in [7, 11) is 1.34. The lowest BCUT2D eigenvalue weighted by Crippen LogP contribution is -2.54. The number of alkyl halides is 6. The largest absolute Gasteiger partial charge is 0.453 e. The van der Waals surface area contributed by atoms with Crippen LogP contribution in [0.2, 0.25) is 20.1 Å². The summed E-state index contributed by atoms with van der Waals surface area (Å²) in [5.74, 6) is 3.01. The molecule has 4 aliphatic heterocycles. The van der Waals surface area contributed by atoms with Crippen molar-refractivity contribution < 1.29 is 40.7 Å². The fraction of sp³-hybridized carbons (Fsp3) is 0.556. The van der Waals surface area contributed by atoms with Crippen molar-refractivity contribution in [3.05, 3.63) is 91.4 Å². The van der Waals surface area contributed by atoms with Gasteiger partial charge in [-0.2, -0.15) is 36.5 Å². The predicted molar refractivity (Wildman–Crippen MR) is 299 cm³/mol. The molecule has 4 atom stereocenters. The Hall–Kier alpha value is -5.46. The van der Waals surface area contributed by atoms with Gasteiger partial charge in [-0.1, -0.05) is 72.4 Å². The Morgan fingerprint density at radius 2 is 1.05 bits per heavy atom. The Bertz CT molecular complexity index is 3210. The van der Waals surface area contributed by atoms with Crippen LogP contribution in [0.1, 0.15) is 88.0 Å². The Balaban J connectivity index is 0.000000196. The van der Waals surface area contributed by atoms with Crippen molar-refractivity contribution >= 4 is 92.4 Å². The molecule has 10 rings (SSSR count). The molecule has 0 spiro atoms. The molecule has 6 aromatic rings. The van der Waals surface area contributed by atoms with E-state index < -0.39 is 41.9 Å². The zero-order valence-corrected chi connectivity index (χ0v) is 48.4. The van der Waals surface area contributed by atoms with Crippen LogP contribution in [0.3, 0.4) is 0 Å². The maximum absolute atomic E-state index is 13.9. The number of carbonyl (C=O) groups is 2. The minimum absolute atomic E-state index is 0.0236. The van der Waals surface area contributed by atoms with Gasteiger partial charge >= 0.3 is 18.4 Å². The molecule has 4 saturated heterocycles. The monoisotopic (exact) mass is 1210 g/mol. The second-order valence-corrected chi connectivity index (χ2v) is 23.4. The molecule has 2 N–H and O–H groups in total. The number of fused-ring (bicyclic) bond motifs is 2. The van der Waals surface area contributed by atoms with Crippen LogP contribution >= 0.6 is 46.4 Å². The Morgan fingerprint density at radius 1 is 0.630 bits per heavy atom. The number of ether oxygens (including phenoxy) is 1. The number of hydrogen-bond acceptors (Lipinski definition) is 13. The number of carbonyl (C=O) groups excluding carboxylic acids is 2. The first kappa shape index (κ1) is 60.1. The zero-order chi connectivity index (χ0) is 58.1. The summed E-state index contributed by atoms with van der Waals surface area (Å²) < 4.78 is 90.3. The molecule has 81 heavy (non-hydrogen) atoms. The summed E-state index contributed by atoms with van der Waals surface area (Å²) in [6, 6.07) is 8.45. The molecule has 2 aromatic carbocycles. The van der Waals surface area contributed by atoms with Crippen LogP contribution in [0.4, 0.5) is 42.8 Å². The summed E-state index contributed by atoms with van der Waals surface area (Å²) in [6.07, 6.45) is -2.57. The summed E-state index contributed by atoms with van der Waals surface area (Å²) in [5.41, 5.74) is -1.48. The average molecular weight is 1210 g/mol. The normalized spacial score (nSPS) is 19.5. The molecule has 8 heterocycles. The second-order valence-electron chi connectivity index (χ2n) is 21.7. The number of likely N-dealkylation sites (tertiary alicyclic amines) is 2. The van der Waals surface area contributed by atoms with E-state index in [0.29, 0.717) is 79.6 Å². The predicted octanol–water partition coefficient (Wildman–Crippen LogP) is 10.9. The van der Waals surface area contributed by atoms with Crippen molar-refractivity contribution in [1.29, 1.82) is 0 Å². The summed E-state index contributed by atoms with van der Waals surface area (Å²) >= 11 is 24.8. The van der Waals surface area contributed by atoms with E-state index in [0.717, 1.165) is 91.1 Å². The summed E-state index contributed by atoms with van der Waals surface area (Å²) in [6.45, 7) is 16.9. The van der Waals surface area contributed by atoms with Crippen LogP contribution in [-0.4, -0.2) is 147 Å². The third-order valence-corrected chi connectivity index (χ3v) is 17.0. The molecular formula is C54H64Cl4F6N14O3. The van der Waals surface area contributed by atoms with Crippen molar-refractivity contribution in [2.75, 3.05) is 95.4 Å². The molecule has 17 nitrogen and oxygen atoms in total. The number of methoxy groups -OCH3 is 1. The molecule has 0 radical (unpaired) electrons. The third kappa shape index (κ3) is 13.8. The number of benzene rings is 2. The first-order valence-electron chi connectivity index (χ1n) is 27.1. The van der Waals surface area contributed by atoms with Gasteiger partial charge in [0.1, 0.15) is 22.7 Å². The Morgan fingerprint density at radius 3 is 1.43 bits per heavy atom. The minimum atomic E-state index is -4.69. The van der Waals surface area contributed by atoms with E-state index in [9.17, 15) is 35.9 Å². The van der Waals surface area contributed by atoms with Gasteiger partial charge in [-0.15, -0.1) is 0 Å². The van der Waals surface area contributed by atoms with E-state index in [1.807, 2.05) is 18.7 Å². The summed E-state index contributed by atoms with van der Waals surface area (Å²) in [5, 5.41) is 15.0. The van der Waals surface area contributed by atoms with Crippen LogP contribution in [-0.2, 0) is 21.9 Å². The fourth-order valence-electron chi connectivity index (χ4n) is 11.3. The molecule has 27 heteroatoms. The molecule has 4 aliphatic rings. The lowest BCUT2D eigenvalue weighted by Gasteiger charge is -2.47. The number of alkyl carbamates (subject to hydrolysis) is 1. The first-order chi connectivity index (χ1) is 38.5. The number of aromatic nitrogens is 8. The molecule has 4 aromatic heterocycles. The van der Waals surface area contributed by atoms with E-state index in [4.69, 9.17) is 46.4 Å². The lowest BCUT2D eigenvalue weighted by atomic mass is 9.80. The molecule has 438 valence electrons. The van der Waals surface area contributed by atoms with Gasteiger partial charge in [0.15, 0.2) is 22.7 Å². The van der Waals surface area contributed by atoms with Crippen LogP contribution < -0.4 is 20.4 Å². The van der Waals surface area contributed by atoms with Crippen molar-refractivity contribution in [3.8, 4) is 0 Å². The van der Waals surface area contributed by atoms with Gasteiger partial charge in [-0.05, 0) is 112 Å². The lowest BCUT2D eigenvalue weighted by molar-refractivity contribution is -0.141. The maximum atomic E-state index is 13.9. The van der Waals surface area contributed by atoms with Crippen LogP contribution in [0.25, 0.3) is 22.3 Å². The van der Waals surface area contributed by atoms with Gasteiger partial charge in [0.2, 0.25) is 5.91 Å². The van der Waals surface area contributed by atoms with Gasteiger partial charge in [0.25, 0.3) is 0 Å². The van der Waals surface area contributed by atoms with Crippen molar-refractivity contribution in [2.24, 2.45) is 29.6 Å². The molecule has 4 fully saturated rings. The van der Waals surface area contributed by atoms with Gasteiger partial charge in [-0.25, -0.2) is 34.1 Å². The number of nitrogens with zero attached hydrogens (tertiary/aromatic N) is 12. The SMILES string of the molecule is CC(C)C(=O)NCCN1CCCC(C2CN(c3cnc4c(C(F)(F)F)nn(C(C)c5ccc(Cl)cc5Cl)c4n3)C2)C1.COC(=O)NCCN1CCCC(C2CN(c3cnc4c(C(F)(F)F)nn(C(C)c5ccc(Cl)cc5Cl)c4n3)C2)C1. The smallest absolute Gasteiger partial charge is 0.437 e. The van der Waals surface area contributed by atoms with Crippen LogP contribution in [0, 0.1) is 29.6 Å². The van der Waals surface area contributed by atoms with Crippen molar-refractivity contribution in [2.45, 2.75) is 77.8 Å². The van der Waals surface area contributed by atoms with E-state index in [2.05, 4.69) is 60.2 Å². The third-order valence-electron chi connectivity index (χ3n) is 15.9. The minimum Gasteiger partial charge on any atom is -0.453 e. The molecule has 0 saturated carbocycles. The van der Waals surface area contributed by atoms with Crippen LogP contribution in [0.5, 0.6) is 0 Å². The van der Waals surface area contributed by atoms with E-state index in [1.54, 1.807) is 50.2 Å². The van der Waals surface area contributed by atoms with Gasteiger partial charge in [0, 0.05) is 91.5 Å². The highest BCUT2D eigenvalue weighted by atomic mass is 35.5. The highest BCUT2D eigenvalue weighted by Crippen LogP contribution is 2.41. The fourth-order valence-corrected chi connectivity index (χ4v) is 12.4. The summed E-state index contributed by atoms with van der Waals surface area (Å²) in [4.78, 5) is 49.6. The quantitative estimate of drug-likeness (QED) is 0.0933. The Kier molecular flexibility index (Phi) is 18.7. The zero-order valence-electron chi connectivity index (χ0n) is 45.3. The molecular weight excluding hydrogens is 1150 g/mol. The topological polar surface area (TPSA) is 168 Å². The van der Waals surface area contributed by atoms with E-state index in [-0.39, 0.29) is 34.2 Å². The van der Waals surface area contributed by atoms with Gasteiger partial charge < -0.3 is 35.0 Å². The highest BCUT2D eigenvalue weighted by Gasteiger charge is 2.43. The molecule has 2 amide bonds. The second kappa shape index (κ2) is 25.2. The standard InChI is InChI=1S/C28H34Cl2F3N7O.C26H30Cl2F3N7O2/c1-16(2)27(41)34-8-10-38-9-4-5-18(13-38)19-14-39(15-19)23-12-35-24-25(28(31,32)33)37-40(26(24)36-23)17(3)21-7-6-20(29)11-22(21)30;1-15(19-6-5-18(27)10-20(19)28)38-24-22(23(35-38)26(29,30)31)33-11-21(34-24)37-13-17(14-37)16-4-3-8-36(12-16)9-7-32-25(39)40-2/h6-7,11-12,16-19H,4-5,8-10,13-15H2,1-3H3,(H,34,41);5-6,10-11,15-17H,3-4,7-9,12-14H2,1-2H3,(H,32,39). The highest BCUT2D eigenvalue weighted by molar-refractivity contribution is 6.35. The number of rotatable bonds is 15. The number of piperidine rings is 2. The average Bonchev–Trinajstić information content (AvgIpc) is 3.27. The van der Waals surface area contributed by atoms with Gasteiger partial charge in [0.05, 0.1) is 31.6 Å². The number of hydrogen-bond donors (Lipinski definition) is 2. The number of anilines is 2. The maximum Gasteiger partial charge on any atom is 0.437 e. The number of amides is 2. The van der Waals surface area contributed by atoms with Crippen LogP contribution in [0.15, 0.2) is 48.8 Å². The van der Waals surface area contributed by atoms with Crippen molar-refractivity contribution in [3.63, 3.8) is 0 Å². The molecule has 0 bridgehead atoms. The van der Waals surface area contributed by atoms with E-state index >= 15 is 0 Å². The first-order valence-corrected chi connectivity index (χ1v) is 28.6. The molecule has 4 unspecified atom stereocenters.